The van der Waals surface area contributed by atoms with E-state index in [-0.39, 0.29) is 48.9 Å². The van der Waals surface area contributed by atoms with Crippen molar-refractivity contribution in [3.8, 4) is 0 Å². The van der Waals surface area contributed by atoms with Gasteiger partial charge in [0, 0.05) is 0 Å². The van der Waals surface area contributed by atoms with Crippen LogP contribution < -0.4 is 9.79 Å². The second-order valence-corrected chi connectivity index (χ2v) is 4.19. The van der Waals surface area contributed by atoms with Crippen LogP contribution in [0.15, 0.2) is 0 Å². The summed E-state index contributed by atoms with van der Waals surface area (Å²) in [5, 5.41) is 44.6. The van der Waals surface area contributed by atoms with Crippen molar-refractivity contribution in [1.29, 1.82) is 0 Å². The first kappa shape index (κ1) is 20.8. The van der Waals surface area contributed by atoms with Gasteiger partial charge in [0.1, 0.15) is 24.4 Å². The van der Waals surface area contributed by atoms with Gasteiger partial charge >= 0.3 is 48.9 Å². The van der Waals surface area contributed by atoms with E-state index >= 15 is 0 Å². The number of aliphatic hydroxyl groups is 5. The molecule has 0 radical (unpaired) electrons. The van der Waals surface area contributed by atoms with Crippen LogP contribution in [0.25, 0.3) is 0 Å². The summed E-state index contributed by atoms with van der Waals surface area (Å²) in [6.45, 7) is -1.92. The standard InChI is InChI=1S/C6H15O9P.Ba/c7-1-3(8)5(10)6(11)4(9)2-15-16(12,13)14;/h3-11H,1-2H2,(H2,12,13,14);/q;+2/p-2/t3-,4+,5+,6+;/m0./s1. The minimum atomic E-state index is -5.28. The molecule has 0 aliphatic heterocycles. The van der Waals surface area contributed by atoms with Gasteiger partial charge in [-0.15, -0.1) is 0 Å². The van der Waals surface area contributed by atoms with Gasteiger partial charge in [-0.1, -0.05) is 0 Å². The Kier molecular flexibility index (Phi) is 11.5. The molecule has 4 atom stereocenters. The molecule has 0 saturated carbocycles. The molecular weight excluding hydrogens is 384 g/mol. The molecule has 0 aliphatic carbocycles. The second kappa shape index (κ2) is 9.40. The summed E-state index contributed by atoms with van der Waals surface area (Å²) < 4.78 is 13.7. The summed E-state index contributed by atoms with van der Waals surface area (Å²) in [6.07, 6.45) is -7.47. The molecule has 0 heterocycles. The summed E-state index contributed by atoms with van der Waals surface area (Å²) in [5.41, 5.74) is 0. The fraction of sp³-hybridized carbons (Fsp3) is 1.00. The summed E-state index contributed by atoms with van der Waals surface area (Å²) in [5.74, 6) is 0. The largest absolute Gasteiger partial charge is 2.00 e. The van der Waals surface area contributed by atoms with E-state index in [1.807, 2.05) is 0 Å². The van der Waals surface area contributed by atoms with Crippen molar-refractivity contribution in [1.82, 2.24) is 0 Å². The average Bonchev–Trinajstić information content (AvgIpc) is 2.21. The average molecular weight is 397 g/mol. The van der Waals surface area contributed by atoms with Gasteiger partial charge in [0.15, 0.2) is 0 Å². The van der Waals surface area contributed by atoms with E-state index in [0.717, 1.165) is 0 Å². The van der Waals surface area contributed by atoms with Crippen LogP contribution in [-0.4, -0.2) is 112 Å². The molecule has 0 spiro atoms. The van der Waals surface area contributed by atoms with E-state index in [1.54, 1.807) is 0 Å². The molecule has 0 bridgehead atoms. The fourth-order valence-corrected chi connectivity index (χ4v) is 1.16. The maximum Gasteiger partial charge on any atom is 2.00 e. The van der Waals surface area contributed by atoms with Crippen molar-refractivity contribution in [3.05, 3.63) is 0 Å². The Hall–Kier alpha value is 1.48. The van der Waals surface area contributed by atoms with Gasteiger partial charge in [0.25, 0.3) is 0 Å². The molecule has 5 N–H and O–H groups in total. The third-order valence-corrected chi connectivity index (χ3v) is 2.19. The van der Waals surface area contributed by atoms with Crippen LogP contribution in [0.1, 0.15) is 0 Å². The molecule has 0 aromatic rings. The molecule has 9 nitrogen and oxygen atoms in total. The summed E-state index contributed by atoms with van der Waals surface area (Å²) in [4.78, 5) is 20.0. The molecule has 98 valence electrons. The minimum absolute atomic E-state index is 0. The Labute approximate surface area is 137 Å². The maximum absolute atomic E-state index is 10.0. The number of phosphoric acid groups is 1. The Morgan fingerprint density at radius 1 is 1.06 bits per heavy atom. The first-order valence-corrected chi connectivity index (χ1v) is 5.65. The van der Waals surface area contributed by atoms with E-state index in [0.29, 0.717) is 0 Å². The minimum Gasteiger partial charge on any atom is -0.790 e. The van der Waals surface area contributed by atoms with Crippen molar-refractivity contribution in [2.24, 2.45) is 0 Å². The first-order valence-electron chi connectivity index (χ1n) is 4.18. The molecule has 0 fully saturated rings. The Balaban J connectivity index is 0. The Bertz CT molecular complexity index is 246. The molecule has 0 aliphatic rings. The predicted octanol–water partition coefficient (Wildman–Crippen LogP) is -5.11. The van der Waals surface area contributed by atoms with Crippen LogP contribution in [0.4, 0.5) is 0 Å². The maximum atomic E-state index is 10.0. The quantitative estimate of drug-likeness (QED) is 0.208. The number of hydrogen-bond donors (Lipinski definition) is 5. The summed E-state index contributed by atoms with van der Waals surface area (Å²) >= 11 is 0. The van der Waals surface area contributed by atoms with Crippen molar-refractivity contribution >= 4 is 56.7 Å². The van der Waals surface area contributed by atoms with E-state index < -0.39 is 45.5 Å². The van der Waals surface area contributed by atoms with Crippen molar-refractivity contribution < 1.29 is 44.4 Å². The molecule has 11 heteroatoms. The van der Waals surface area contributed by atoms with Gasteiger partial charge in [0.2, 0.25) is 0 Å². The zero-order chi connectivity index (χ0) is 12.9. The van der Waals surface area contributed by atoms with Gasteiger partial charge in [-0.05, 0) is 0 Å². The van der Waals surface area contributed by atoms with E-state index in [1.165, 1.54) is 0 Å². The molecule has 17 heavy (non-hydrogen) atoms. The third kappa shape index (κ3) is 9.08. The first-order chi connectivity index (χ1) is 7.19. The summed E-state index contributed by atoms with van der Waals surface area (Å²) in [7, 11) is -5.28. The van der Waals surface area contributed by atoms with Gasteiger partial charge in [-0.25, -0.2) is 0 Å². The van der Waals surface area contributed by atoms with Crippen molar-refractivity contribution in [2.75, 3.05) is 13.2 Å². The molecule has 0 amide bonds. The predicted molar refractivity (Wildman–Crippen MR) is 50.4 cm³/mol. The van der Waals surface area contributed by atoms with Crippen molar-refractivity contribution in [2.45, 2.75) is 24.4 Å². The second-order valence-electron chi connectivity index (χ2n) is 3.04. The number of hydrogen-bond acceptors (Lipinski definition) is 9. The Morgan fingerprint density at radius 2 is 1.47 bits per heavy atom. The van der Waals surface area contributed by atoms with Crippen LogP contribution in [0, 0.1) is 0 Å². The van der Waals surface area contributed by atoms with Gasteiger partial charge < -0.3 is 44.4 Å². The van der Waals surface area contributed by atoms with Gasteiger partial charge in [-0.2, -0.15) is 0 Å². The molecule has 0 unspecified atom stereocenters. The third-order valence-electron chi connectivity index (χ3n) is 1.73. The topological polar surface area (TPSA) is 174 Å². The monoisotopic (exact) mass is 398 g/mol. The SMILES string of the molecule is O=P([O-])([O-])OC[C@@H](O)[C@@H](O)[C@H](O)[C@@H](O)CO.[Ba+2]. The van der Waals surface area contributed by atoms with Crippen molar-refractivity contribution in [3.63, 3.8) is 0 Å². The summed E-state index contributed by atoms with van der Waals surface area (Å²) in [6, 6.07) is 0. The van der Waals surface area contributed by atoms with Crippen LogP contribution in [0.3, 0.4) is 0 Å². The van der Waals surface area contributed by atoms with Crippen LogP contribution in [0.5, 0.6) is 0 Å². The Morgan fingerprint density at radius 3 is 1.82 bits per heavy atom. The molecule has 0 saturated heterocycles. The van der Waals surface area contributed by atoms with Crippen LogP contribution >= 0.6 is 7.82 Å². The molecule has 0 aromatic heterocycles. The van der Waals surface area contributed by atoms with Crippen LogP contribution in [0.2, 0.25) is 0 Å². The van der Waals surface area contributed by atoms with Crippen LogP contribution in [-0.2, 0) is 9.09 Å². The number of phosphoric ester groups is 1. The van der Waals surface area contributed by atoms with E-state index in [4.69, 9.17) is 25.5 Å². The van der Waals surface area contributed by atoms with Gasteiger partial charge in [0.05, 0.1) is 21.0 Å². The zero-order valence-electron chi connectivity index (χ0n) is 8.75. The molecular formula is C6H13BaO9P. The molecule has 0 aromatic carbocycles. The fourth-order valence-electron chi connectivity index (χ4n) is 0.829. The van der Waals surface area contributed by atoms with E-state index in [9.17, 15) is 14.4 Å². The molecule has 0 rings (SSSR count). The zero-order valence-corrected chi connectivity index (χ0v) is 14.1. The number of aliphatic hydroxyl groups excluding tert-OH is 5. The van der Waals surface area contributed by atoms with Gasteiger partial charge in [-0.3, -0.25) is 0 Å². The van der Waals surface area contributed by atoms with E-state index in [2.05, 4.69) is 4.52 Å². The normalized spacial score (nSPS) is 19.0. The smallest absolute Gasteiger partial charge is 0.790 e. The number of rotatable bonds is 7.